The minimum atomic E-state index is -0.781. The second-order valence-electron chi connectivity index (χ2n) is 3.71. The van der Waals surface area contributed by atoms with Gasteiger partial charge in [0, 0.05) is 0 Å². The molecule has 4 nitrogen and oxygen atoms in total. The molecule has 0 bridgehead atoms. The van der Waals surface area contributed by atoms with Crippen LogP contribution in [-0.2, 0) is 9.57 Å². The van der Waals surface area contributed by atoms with E-state index in [1.54, 1.807) is 13.8 Å². The van der Waals surface area contributed by atoms with Gasteiger partial charge in [-0.15, -0.1) is 0 Å². The zero-order chi connectivity index (χ0) is 9.78. The Bertz CT molecular complexity index is 120. The molecule has 2 N–H and O–H groups in total. The van der Waals surface area contributed by atoms with Crippen LogP contribution < -0.4 is 5.48 Å². The van der Waals surface area contributed by atoms with Crippen molar-refractivity contribution >= 4 is 0 Å². The van der Waals surface area contributed by atoms with Crippen LogP contribution in [0.2, 0.25) is 0 Å². The summed E-state index contributed by atoms with van der Waals surface area (Å²) in [5.74, 6) is 0. The van der Waals surface area contributed by atoms with Crippen molar-refractivity contribution in [1.29, 1.82) is 0 Å². The Morgan fingerprint density at radius 1 is 1.25 bits per heavy atom. The number of nitrogens with one attached hydrogen (secondary N) is 1. The summed E-state index contributed by atoms with van der Waals surface area (Å²) >= 11 is 0. The van der Waals surface area contributed by atoms with E-state index in [2.05, 4.69) is 5.48 Å². The summed E-state index contributed by atoms with van der Waals surface area (Å²) < 4.78 is 4.97. The molecule has 0 heterocycles. The maximum atomic E-state index is 8.83. The molecular formula is C8H19NO3. The molecule has 0 fully saturated rings. The molecular weight excluding hydrogens is 158 g/mol. The van der Waals surface area contributed by atoms with Gasteiger partial charge in [-0.2, -0.15) is 5.48 Å². The second-order valence-corrected chi connectivity index (χ2v) is 3.71. The molecule has 2 unspecified atom stereocenters. The van der Waals surface area contributed by atoms with Crippen molar-refractivity contribution in [3.63, 3.8) is 0 Å². The highest BCUT2D eigenvalue weighted by molar-refractivity contribution is 4.56. The van der Waals surface area contributed by atoms with Gasteiger partial charge in [-0.3, -0.25) is 4.84 Å². The first-order chi connectivity index (χ1) is 5.31. The van der Waals surface area contributed by atoms with E-state index in [9.17, 15) is 0 Å². The highest BCUT2D eigenvalue weighted by Crippen LogP contribution is 2.04. The third-order valence-corrected chi connectivity index (χ3v) is 0.932. The summed E-state index contributed by atoms with van der Waals surface area (Å²) in [6, 6.07) is 0. The summed E-state index contributed by atoms with van der Waals surface area (Å²) in [4.78, 5) is 5.21. The number of hydrogen-bond acceptors (Lipinski definition) is 4. The fourth-order valence-electron chi connectivity index (χ4n) is 0.583. The van der Waals surface area contributed by atoms with Gasteiger partial charge in [0.1, 0.15) is 6.23 Å². The van der Waals surface area contributed by atoms with E-state index in [4.69, 9.17) is 14.7 Å². The maximum Gasteiger partial charge on any atom is 0.153 e. The summed E-state index contributed by atoms with van der Waals surface area (Å²) in [5.41, 5.74) is 2.42. The first-order valence-corrected chi connectivity index (χ1v) is 4.08. The smallest absolute Gasteiger partial charge is 0.153 e. The zero-order valence-corrected chi connectivity index (χ0v) is 8.42. The van der Waals surface area contributed by atoms with Crippen LogP contribution in [0, 0.1) is 0 Å². The van der Waals surface area contributed by atoms with Crippen LogP contribution in [0.1, 0.15) is 34.6 Å². The van der Waals surface area contributed by atoms with Crippen molar-refractivity contribution in [2.45, 2.75) is 52.7 Å². The zero-order valence-electron chi connectivity index (χ0n) is 8.42. The van der Waals surface area contributed by atoms with Gasteiger partial charge in [-0.1, -0.05) is 0 Å². The number of aliphatic hydroxyl groups excluding tert-OH is 1. The monoisotopic (exact) mass is 177 g/mol. The highest BCUT2D eigenvalue weighted by Gasteiger charge is 2.13. The molecule has 0 rings (SSSR count). The predicted molar refractivity (Wildman–Crippen MR) is 46.2 cm³/mol. The van der Waals surface area contributed by atoms with Crippen molar-refractivity contribution in [2.24, 2.45) is 0 Å². The van der Waals surface area contributed by atoms with Gasteiger partial charge in [0.25, 0.3) is 0 Å². The van der Waals surface area contributed by atoms with Crippen molar-refractivity contribution in [1.82, 2.24) is 5.48 Å². The van der Waals surface area contributed by atoms with Crippen molar-refractivity contribution in [3.8, 4) is 0 Å². The fourth-order valence-corrected chi connectivity index (χ4v) is 0.583. The SMILES string of the molecule is CC(O)OC(C)NOC(C)(C)C. The number of hydrogen-bond donors (Lipinski definition) is 2. The molecule has 12 heavy (non-hydrogen) atoms. The first-order valence-electron chi connectivity index (χ1n) is 4.08. The van der Waals surface area contributed by atoms with Crippen LogP contribution in [0.25, 0.3) is 0 Å². The molecule has 0 saturated heterocycles. The van der Waals surface area contributed by atoms with Gasteiger partial charge in [-0.05, 0) is 34.6 Å². The fraction of sp³-hybridized carbons (Fsp3) is 1.00. The second kappa shape index (κ2) is 4.77. The Kier molecular flexibility index (Phi) is 4.70. The predicted octanol–water partition coefficient (Wildman–Crippen LogP) is 1.01. The molecule has 2 atom stereocenters. The molecule has 0 saturated carbocycles. The Hall–Kier alpha value is -0.160. The first kappa shape index (κ1) is 11.8. The summed E-state index contributed by atoms with van der Waals surface area (Å²) in [7, 11) is 0. The average molecular weight is 177 g/mol. The highest BCUT2D eigenvalue weighted by atomic mass is 16.7. The van der Waals surface area contributed by atoms with E-state index in [0.29, 0.717) is 0 Å². The van der Waals surface area contributed by atoms with E-state index in [0.717, 1.165) is 0 Å². The lowest BCUT2D eigenvalue weighted by Gasteiger charge is -2.23. The van der Waals surface area contributed by atoms with E-state index in [-0.39, 0.29) is 11.8 Å². The molecule has 0 aromatic heterocycles. The van der Waals surface area contributed by atoms with E-state index in [1.807, 2.05) is 20.8 Å². The minimum Gasteiger partial charge on any atom is -0.368 e. The molecule has 0 aromatic rings. The Labute approximate surface area is 73.8 Å². The molecule has 0 spiro atoms. The number of hydroxylamine groups is 1. The summed E-state index contributed by atoms with van der Waals surface area (Å²) in [5, 5.41) is 8.83. The van der Waals surface area contributed by atoms with Gasteiger partial charge < -0.3 is 9.84 Å². The van der Waals surface area contributed by atoms with Gasteiger partial charge in [0.15, 0.2) is 6.29 Å². The minimum absolute atomic E-state index is 0.254. The lowest BCUT2D eigenvalue weighted by Crippen LogP contribution is -2.38. The van der Waals surface area contributed by atoms with E-state index < -0.39 is 6.29 Å². The lowest BCUT2D eigenvalue weighted by molar-refractivity contribution is -0.194. The molecule has 0 aliphatic heterocycles. The van der Waals surface area contributed by atoms with Crippen LogP contribution >= 0.6 is 0 Å². The number of ether oxygens (including phenoxy) is 1. The van der Waals surface area contributed by atoms with Gasteiger partial charge in [0.05, 0.1) is 5.60 Å². The van der Waals surface area contributed by atoms with Crippen molar-refractivity contribution in [3.05, 3.63) is 0 Å². The molecule has 74 valence electrons. The van der Waals surface area contributed by atoms with Gasteiger partial charge in [-0.25, -0.2) is 0 Å². The van der Waals surface area contributed by atoms with Crippen LogP contribution in [0.4, 0.5) is 0 Å². The average Bonchev–Trinajstić information content (AvgIpc) is 1.80. The van der Waals surface area contributed by atoms with Crippen LogP contribution in [0.5, 0.6) is 0 Å². The molecule has 0 aliphatic rings. The third-order valence-electron chi connectivity index (χ3n) is 0.932. The molecule has 0 amide bonds. The van der Waals surface area contributed by atoms with E-state index >= 15 is 0 Å². The Balaban J connectivity index is 3.51. The quantitative estimate of drug-likeness (QED) is 0.497. The van der Waals surface area contributed by atoms with Crippen LogP contribution in [-0.4, -0.2) is 23.2 Å². The lowest BCUT2D eigenvalue weighted by atomic mass is 10.2. The number of aliphatic hydroxyl groups is 1. The normalized spacial score (nSPS) is 17.5. The molecule has 0 aliphatic carbocycles. The van der Waals surface area contributed by atoms with Gasteiger partial charge in [0.2, 0.25) is 0 Å². The van der Waals surface area contributed by atoms with Gasteiger partial charge >= 0.3 is 0 Å². The molecule has 4 heteroatoms. The molecule has 0 radical (unpaired) electrons. The maximum absolute atomic E-state index is 8.83. The summed E-state index contributed by atoms with van der Waals surface area (Å²) in [6.07, 6.45) is -1.10. The van der Waals surface area contributed by atoms with Crippen LogP contribution in [0.3, 0.4) is 0 Å². The number of rotatable bonds is 4. The molecule has 0 aromatic carbocycles. The summed E-state index contributed by atoms with van der Waals surface area (Å²) in [6.45, 7) is 9.09. The standard InChI is InChI=1S/C8H19NO3/c1-6(11-7(2)10)9-12-8(3,4)5/h6-7,9-10H,1-5H3. The topological polar surface area (TPSA) is 50.7 Å². The van der Waals surface area contributed by atoms with Crippen molar-refractivity contribution in [2.75, 3.05) is 0 Å². The third kappa shape index (κ3) is 7.94. The Morgan fingerprint density at radius 2 is 1.75 bits per heavy atom. The van der Waals surface area contributed by atoms with Crippen LogP contribution in [0.15, 0.2) is 0 Å². The van der Waals surface area contributed by atoms with E-state index in [1.165, 1.54) is 0 Å². The largest absolute Gasteiger partial charge is 0.368 e. The Morgan fingerprint density at radius 3 is 2.08 bits per heavy atom. The van der Waals surface area contributed by atoms with Crippen molar-refractivity contribution < 1.29 is 14.7 Å².